The Hall–Kier alpha value is -2.92. The van der Waals surface area contributed by atoms with Crippen molar-refractivity contribution in [1.29, 1.82) is 0 Å². The zero-order chi connectivity index (χ0) is 21.9. The van der Waals surface area contributed by atoms with Crippen LogP contribution in [0.25, 0.3) is 22.2 Å². The highest BCUT2D eigenvalue weighted by Crippen LogP contribution is 2.36. The lowest BCUT2D eigenvalue weighted by molar-refractivity contribution is -0.138. The number of aryl methyl sites for hydroxylation is 2. The third kappa shape index (κ3) is 3.65. The van der Waals surface area contributed by atoms with Crippen molar-refractivity contribution < 1.29 is 17.6 Å². The topological polar surface area (TPSA) is 92.9 Å². The number of nitrogens with zero attached hydrogens (tertiary/aromatic N) is 6. The van der Waals surface area contributed by atoms with Gasteiger partial charge in [0, 0.05) is 25.5 Å². The number of pyridine rings is 1. The van der Waals surface area contributed by atoms with Gasteiger partial charge in [-0.05, 0) is 19.4 Å². The first-order chi connectivity index (χ1) is 14.7. The molecule has 1 N–H and O–H groups in total. The highest BCUT2D eigenvalue weighted by atomic mass is 35.5. The first-order valence-corrected chi connectivity index (χ1v) is 9.71. The van der Waals surface area contributed by atoms with Gasteiger partial charge < -0.3 is 14.6 Å². The molecule has 1 aliphatic heterocycles. The number of hydrogen-bond acceptors (Lipinski definition) is 8. The van der Waals surface area contributed by atoms with Crippen molar-refractivity contribution >= 4 is 58.0 Å². The first-order valence-electron chi connectivity index (χ1n) is 9.33. The van der Waals surface area contributed by atoms with Gasteiger partial charge >= 0.3 is 6.18 Å². The molecule has 5 heterocycles. The molecule has 0 atom stereocenters. The molecular weight excluding hydrogens is 470 g/mol. The van der Waals surface area contributed by atoms with E-state index in [-0.39, 0.29) is 24.4 Å². The number of fused-ring (bicyclic) bond motifs is 3. The smallest absolute Gasteiger partial charge is 0.419 e. The zero-order valence-electron chi connectivity index (χ0n) is 16.7. The lowest BCUT2D eigenvalue weighted by atomic mass is 10.1. The second-order valence-electron chi connectivity index (χ2n) is 7.33. The van der Waals surface area contributed by atoms with E-state index in [4.69, 9.17) is 16.0 Å². The molecule has 0 aromatic carbocycles. The normalized spacial score (nSPS) is 14.5. The quantitative estimate of drug-likeness (QED) is 0.450. The van der Waals surface area contributed by atoms with Gasteiger partial charge in [0.2, 0.25) is 11.7 Å². The number of aromatic nitrogens is 5. The van der Waals surface area contributed by atoms with Crippen LogP contribution in [-0.4, -0.2) is 44.1 Å². The number of alkyl halides is 3. The highest BCUT2D eigenvalue weighted by Gasteiger charge is 2.33. The molecule has 0 saturated carbocycles. The van der Waals surface area contributed by atoms with E-state index in [1.807, 2.05) is 6.92 Å². The molecule has 0 aliphatic carbocycles. The van der Waals surface area contributed by atoms with Gasteiger partial charge in [-0.1, -0.05) is 11.6 Å². The van der Waals surface area contributed by atoms with Crippen LogP contribution >= 0.6 is 24.0 Å². The maximum Gasteiger partial charge on any atom is 0.419 e. The minimum absolute atomic E-state index is 0. The fourth-order valence-corrected chi connectivity index (χ4v) is 3.69. The van der Waals surface area contributed by atoms with Crippen LogP contribution in [0.15, 0.2) is 23.1 Å². The predicted octanol–water partition coefficient (Wildman–Crippen LogP) is 4.57. The molecule has 1 aliphatic rings. The van der Waals surface area contributed by atoms with E-state index in [0.29, 0.717) is 46.4 Å². The summed E-state index contributed by atoms with van der Waals surface area (Å²) in [6.45, 7) is 4.69. The molecule has 1 fully saturated rings. The van der Waals surface area contributed by atoms with Gasteiger partial charge in [0.15, 0.2) is 11.4 Å². The minimum Gasteiger partial charge on any atom is -0.432 e. The summed E-state index contributed by atoms with van der Waals surface area (Å²) in [6, 6.07) is -0.0171. The zero-order valence-corrected chi connectivity index (χ0v) is 18.3. The maximum atomic E-state index is 12.7. The molecule has 0 spiro atoms. The Kier molecular flexibility index (Phi) is 5.49. The van der Waals surface area contributed by atoms with Gasteiger partial charge in [0.25, 0.3) is 0 Å². The lowest BCUT2D eigenvalue weighted by Crippen LogP contribution is -2.55. The Balaban J connectivity index is 0.00000245. The summed E-state index contributed by atoms with van der Waals surface area (Å²) in [5.74, 6) is 0.752. The molecule has 13 heteroatoms. The minimum atomic E-state index is -4.46. The van der Waals surface area contributed by atoms with Crippen LogP contribution in [0.4, 0.5) is 24.9 Å². The number of rotatable bonds is 3. The van der Waals surface area contributed by atoms with Gasteiger partial charge in [0.05, 0.1) is 27.7 Å². The monoisotopic (exact) mass is 485 g/mol. The fourth-order valence-electron chi connectivity index (χ4n) is 3.56. The van der Waals surface area contributed by atoms with Crippen LogP contribution in [0, 0.1) is 13.8 Å². The molecule has 5 rings (SSSR count). The summed E-state index contributed by atoms with van der Waals surface area (Å²) < 4.78 is 43.9. The Labute approximate surface area is 190 Å². The molecular formula is C19H16Cl2F3N7O. The molecule has 1 saturated heterocycles. The van der Waals surface area contributed by atoms with Crippen molar-refractivity contribution in [2.45, 2.75) is 26.1 Å². The van der Waals surface area contributed by atoms with Crippen LogP contribution in [-0.2, 0) is 6.18 Å². The van der Waals surface area contributed by atoms with Crippen LogP contribution in [0.5, 0.6) is 0 Å². The van der Waals surface area contributed by atoms with Crippen LogP contribution in [0.3, 0.4) is 0 Å². The van der Waals surface area contributed by atoms with E-state index in [2.05, 4.69) is 30.2 Å². The SMILES string of the molecule is Cc1nc2oc3c(NC4CN(c5ncc(C(F)(F)F)cn5)C4)ncnc3c2c(C)c1Cl.Cl. The Bertz CT molecular complexity index is 1300. The van der Waals surface area contributed by atoms with Crippen molar-refractivity contribution in [1.82, 2.24) is 24.9 Å². The van der Waals surface area contributed by atoms with E-state index >= 15 is 0 Å². The summed E-state index contributed by atoms with van der Waals surface area (Å²) in [5.41, 5.74) is 2.15. The molecule has 4 aromatic rings. The largest absolute Gasteiger partial charge is 0.432 e. The molecule has 32 heavy (non-hydrogen) atoms. The second kappa shape index (κ2) is 7.89. The number of hydrogen-bond donors (Lipinski definition) is 1. The molecule has 168 valence electrons. The van der Waals surface area contributed by atoms with Crippen molar-refractivity contribution in [3.8, 4) is 0 Å². The third-order valence-corrected chi connectivity index (χ3v) is 5.77. The van der Waals surface area contributed by atoms with Gasteiger partial charge in [-0.25, -0.2) is 24.9 Å². The van der Waals surface area contributed by atoms with Crippen molar-refractivity contribution in [2.75, 3.05) is 23.3 Å². The summed E-state index contributed by atoms with van der Waals surface area (Å²) in [6.07, 6.45) is -1.46. The summed E-state index contributed by atoms with van der Waals surface area (Å²) >= 11 is 6.34. The molecule has 8 nitrogen and oxygen atoms in total. The summed E-state index contributed by atoms with van der Waals surface area (Å²) in [7, 11) is 0. The van der Waals surface area contributed by atoms with E-state index in [1.165, 1.54) is 6.33 Å². The average molecular weight is 486 g/mol. The van der Waals surface area contributed by atoms with Crippen LogP contribution in [0.1, 0.15) is 16.8 Å². The van der Waals surface area contributed by atoms with E-state index < -0.39 is 11.7 Å². The molecule has 4 aromatic heterocycles. The number of nitrogens with one attached hydrogen (secondary N) is 1. The molecule has 0 amide bonds. The lowest BCUT2D eigenvalue weighted by Gasteiger charge is -2.39. The van der Waals surface area contributed by atoms with E-state index in [0.717, 1.165) is 23.3 Å². The average Bonchev–Trinajstić information content (AvgIpc) is 3.07. The van der Waals surface area contributed by atoms with Gasteiger partial charge in [-0.15, -0.1) is 12.4 Å². The standard InChI is InChI=1S/C19H15ClF3N7O.ClH/c1-8-12-14-15(31-17(12)28-9(2)13(8)20)16(27-7-26-14)29-11-5-30(6-11)18-24-3-10(4-25-18)19(21,22)23;/h3-4,7,11H,5-6H2,1-2H3,(H,26,27,29);1H. The van der Waals surface area contributed by atoms with E-state index in [1.54, 1.807) is 11.8 Å². The van der Waals surface area contributed by atoms with Gasteiger partial charge in [-0.3, -0.25) is 0 Å². The Morgan fingerprint density at radius 2 is 1.81 bits per heavy atom. The Morgan fingerprint density at radius 3 is 2.47 bits per heavy atom. The van der Waals surface area contributed by atoms with Crippen molar-refractivity contribution in [2.24, 2.45) is 0 Å². The van der Waals surface area contributed by atoms with Crippen molar-refractivity contribution in [3.05, 3.63) is 40.6 Å². The van der Waals surface area contributed by atoms with Crippen LogP contribution < -0.4 is 10.2 Å². The fraction of sp³-hybridized carbons (Fsp3) is 0.316. The number of furan rings is 1. The first kappa shape index (κ1) is 22.3. The highest BCUT2D eigenvalue weighted by molar-refractivity contribution is 6.33. The van der Waals surface area contributed by atoms with Crippen LogP contribution in [0.2, 0.25) is 5.02 Å². The van der Waals surface area contributed by atoms with Crippen molar-refractivity contribution in [3.63, 3.8) is 0 Å². The van der Waals surface area contributed by atoms with E-state index in [9.17, 15) is 13.2 Å². The maximum absolute atomic E-state index is 12.7. The number of halogens is 5. The Morgan fingerprint density at radius 1 is 1.12 bits per heavy atom. The van der Waals surface area contributed by atoms with Gasteiger partial charge in [0.1, 0.15) is 11.8 Å². The second-order valence-corrected chi connectivity index (χ2v) is 7.71. The van der Waals surface area contributed by atoms with Gasteiger partial charge in [-0.2, -0.15) is 13.2 Å². The summed E-state index contributed by atoms with van der Waals surface area (Å²) in [5, 5.41) is 4.59. The predicted molar refractivity (Wildman–Crippen MR) is 115 cm³/mol. The summed E-state index contributed by atoms with van der Waals surface area (Å²) in [4.78, 5) is 22.4. The molecule has 0 bridgehead atoms. The number of anilines is 2. The molecule has 0 radical (unpaired) electrons. The molecule has 0 unspecified atom stereocenters. The third-order valence-electron chi connectivity index (χ3n) is 5.22.